The molecule has 1 aliphatic rings. The Morgan fingerprint density at radius 2 is 2.10 bits per heavy atom. The number of benzene rings is 1. The zero-order valence-electron chi connectivity index (χ0n) is 12.0. The van der Waals surface area contributed by atoms with E-state index in [1.165, 1.54) is 9.71 Å². The van der Waals surface area contributed by atoms with Gasteiger partial charge in [0.15, 0.2) is 0 Å². The molecule has 3 rings (SSSR count). The Hall–Kier alpha value is -1.17. The average Bonchev–Trinajstić information content (AvgIpc) is 2.91. The number of halogens is 1. The van der Waals surface area contributed by atoms with Crippen molar-refractivity contribution in [1.82, 2.24) is 15.2 Å². The van der Waals surface area contributed by atoms with Crippen molar-refractivity contribution in [3.63, 3.8) is 0 Å². The zero-order valence-corrected chi connectivity index (χ0v) is 13.7. The van der Waals surface area contributed by atoms with Gasteiger partial charge in [-0.25, -0.2) is 4.98 Å². The number of piperidine rings is 1. The molecule has 4 nitrogen and oxygen atoms in total. The van der Waals surface area contributed by atoms with E-state index in [1.807, 2.05) is 18.0 Å². The van der Waals surface area contributed by atoms with Gasteiger partial charge in [0.2, 0.25) is 5.91 Å². The molecule has 114 valence electrons. The zero-order chi connectivity index (χ0) is 13.9. The largest absolute Gasteiger partial charge is 0.342 e. The number of hydrogen-bond acceptors (Lipinski definition) is 4. The van der Waals surface area contributed by atoms with Crippen molar-refractivity contribution in [2.24, 2.45) is 0 Å². The van der Waals surface area contributed by atoms with E-state index < -0.39 is 0 Å². The summed E-state index contributed by atoms with van der Waals surface area (Å²) >= 11 is 1.80. The summed E-state index contributed by atoms with van der Waals surface area (Å²) in [5.41, 5.74) is 1.10. The van der Waals surface area contributed by atoms with Crippen molar-refractivity contribution in [2.75, 3.05) is 26.7 Å². The van der Waals surface area contributed by atoms with Gasteiger partial charge in [-0.2, -0.15) is 0 Å². The Bertz CT molecular complexity index is 575. The lowest BCUT2D eigenvalue weighted by atomic mass is 9.97. The first kappa shape index (κ1) is 16.2. The van der Waals surface area contributed by atoms with Gasteiger partial charge in [-0.1, -0.05) is 12.1 Å². The molecule has 0 spiro atoms. The molecule has 0 bridgehead atoms. The fourth-order valence-electron chi connectivity index (χ4n) is 2.70. The highest BCUT2D eigenvalue weighted by Crippen LogP contribution is 2.33. The fourth-order valence-corrected chi connectivity index (χ4v) is 3.84. The molecule has 2 heterocycles. The van der Waals surface area contributed by atoms with Crippen LogP contribution in [0.5, 0.6) is 0 Å². The summed E-state index contributed by atoms with van der Waals surface area (Å²) in [6.07, 6.45) is 2.05. The predicted octanol–water partition coefficient (Wildman–Crippen LogP) is 2.64. The summed E-state index contributed by atoms with van der Waals surface area (Å²) in [5, 5.41) is 4.15. The molecule has 1 saturated heterocycles. The van der Waals surface area contributed by atoms with Crippen LogP contribution in [0.4, 0.5) is 0 Å². The monoisotopic (exact) mass is 325 g/mol. The van der Waals surface area contributed by atoms with Crippen LogP contribution in [-0.4, -0.2) is 42.5 Å². The molecule has 1 amide bonds. The van der Waals surface area contributed by atoms with Crippen LogP contribution in [0.3, 0.4) is 0 Å². The minimum atomic E-state index is 0. The maximum absolute atomic E-state index is 11.8. The number of carbonyl (C=O) groups excluding carboxylic acids is 1. The number of hydrogen-bond donors (Lipinski definition) is 1. The molecule has 1 aliphatic heterocycles. The Labute approximate surface area is 135 Å². The third kappa shape index (κ3) is 3.54. The standard InChI is InChI=1S/C15H19N3OS.ClH/c1-16-10-14(19)18-8-6-11(7-9-18)15-17-12-4-2-3-5-13(12)20-15;/h2-5,11,16H,6-10H2,1H3;1H. The molecule has 1 N–H and O–H groups in total. The summed E-state index contributed by atoms with van der Waals surface area (Å²) in [4.78, 5) is 18.5. The van der Waals surface area contributed by atoms with E-state index in [0.29, 0.717) is 12.5 Å². The van der Waals surface area contributed by atoms with Gasteiger partial charge in [0, 0.05) is 19.0 Å². The number of nitrogens with one attached hydrogen (secondary N) is 1. The lowest BCUT2D eigenvalue weighted by Crippen LogP contribution is -2.41. The lowest BCUT2D eigenvalue weighted by molar-refractivity contribution is -0.131. The van der Waals surface area contributed by atoms with Crippen molar-refractivity contribution < 1.29 is 4.79 Å². The Balaban J connectivity index is 0.00000161. The highest BCUT2D eigenvalue weighted by Gasteiger charge is 2.25. The third-order valence-corrected chi connectivity index (χ3v) is 5.03. The minimum Gasteiger partial charge on any atom is -0.342 e. The van der Waals surface area contributed by atoms with Crippen LogP contribution < -0.4 is 5.32 Å². The van der Waals surface area contributed by atoms with Gasteiger partial charge in [0.05, 0.1) is 21.8 Å². The number of carbonyl (C=O) groups is 1. The molecule has 1 fully saturated rings. The van der Waals surface area contributed by atoms with E-state index >= 15 is 0 Å². The second-order valence-corrected chi connectivity index (χ2v) is 6.27. The van der Waals surface area contributed by atoms with Gasteiger partial charge in [0.1, 0.15) is 0 Å². The predicted molar refractivity (Wildman–Crippen MR) is 89.3 cm³/mol. The van der Waals surface area contributed by atoms with E-state index in [1.54, 1.807) is 11.3 Å². The summed E-state index contributed by atoms with van der Waals surface area (Å²) in [5.74, 6) is 0.710. The number of likely N-dealkylation sites (N-methyl/N-ethyl adjacent to an activating group) is 1. The van der Waals surface area contributed by atoms with E-state index in [9.17, 15) is 4.79 Å². The van der Waals surface area contributed by atoms with Gasteiger partial charge in [-0.05, 0) is 32.0 Å². The number of likely N-dealkylation sites (tertiary alicyclic amines) is 1. The first-order valence-electron chi connectivity index (χ1n) is 7.06. The summed E-state index contributed by atoms with van der Waals surface area (Å²) in [6.45, 7) is 2.13. The third-order valence-electron chi connectivity index (χ3n) is 3.84. The molecule has 0 atom stereocenters. The van der Waals surface area contributed by atoms with E-state index in [2.05, 4.69) is 23.5 Å². The second kappa shape index (κ2) is 7.20. The normalized spacial score (nSPS) is 16.0. The van der Waals surface area contributed by atoms with Crippen LogP contribution in [0.15, 0.2) is 24.3 Å². The molecular weight excluding hydrogens is 306 g/mol. The van der Waals surface area contributed by atoms with Gasteiger partial charge >= 0.3 is 0 Å². The van der Waals surface area contributed by atoms with Crippen molar-refractivity contribution in [1.29, 1.82) is 0 Å². The minimum absolute atomic E-state index is 0. The molecular formula is C15H20ClN3OS. The number of aromatic nitrogens is 1. The summed E-state index contributed by atoms with van der Waals surface area (Å²) in [7, 11) is 1.81. The maximum Gasteiger partial charge on any atom is 0.236 e. The number of rotatable bonds is 3. The smallest absolute Gasteiger partial charge is 0.236 e. The van der Waals surface area contributed by atoms with Crippen LogP contribution in [0.2, 0.25) is 0 Å². The van der Waals surface area contributed by atoms with Gasteiger partial charge in [0.25, 0.3) is 0 Å². The summed E-state index contributed by atoms with van der Waals surface area (Å²) < 4.78 is 1.26. The SMILES string of the molecule is CNCC(=O)N1CCC(c2nc3ccccc3s2)CC1.Cl. The van der Waals surface area contributed by atoms with Gasteiger partial charge < -0.3 is 10.2 Å². The Kier molecular flexibility index (Phi) is 5.56. The molecule has 21 heavy (non-hydrogen) atoms. The van der Waals surface area contributed by atoms with Crippen LogP contribution in [-0.2, 0) is 4.79 Å². The van der Waals surface area contributed by atoms with Crippen LogP contribution in [0.1, 0.15) is 23.8 Å². The first-order valence-corrected chi connectivity index (χ1v) is 7.87. The van der Waals surface area contributed by atoms with E-state index in [0.717, 1.165) is 31.4 Å². The molecule has 0 radical (unpaired) electrons. The van der Waals surface area contributed by atoms with Gasteiger partial charge in [-0.15, -0.1) is 23.7 Å². The summed E-state index contributed by atoms with van der Waals surface area (Å²) in [6, 6.07) is 8.29. The number of amides is 1. The number of para-hydroxylation sites is 1. The molecule has 0 aliphatic carbocycles. The molecule has 1 aromatic carbocycles. The van der Waals surface area contributed by atoms with Crippen LogP contribution >= 0.6 is 23.7 Å². The average molecular weight is 326 g/mol. The van der Waals surface area contributed by atoms with Crippen molar-refractivity contribution in [2.45, 2.75) is 18.8 Å². The topological polar surface area (TPSA) is 45.2 Å². The van der Waals surface area contributed by atoms with Crippen molar-refractivity contribution in [3.05, 3.63) is 29.3 Å². The molecule has 0 unspecified atom stereocenters. The number of nitrogens with zero attached hydrogens (tertiary/aromatic N) is 2. The van der Waals surface area contributed by atoms with Crippen LogP contribution in [0, 0.1) is 0 Å². The number of fused-ring (bicyclic) bond motifs is 1. The highest BCUT2D eigenvalue weighted by molar-refractivity contribution is 7.18. The van der Waals surface area contributed by atoms with Crippen LogP contribution in [0.25, 0.3) is 10.2 Å². The second-order valence-electron chi connectivity index (χ2n) is 5.21. The van der Waals surface area contributed by atoms with Crippen molar-refractivity contribution >= 4 is 39.9 Å². The number of thiazole rings is 1. The van der Waals surface area contributed by atoms with E-state index in [4.69, 9.17) is 4.98 Å². The highest BCUT2D eigenvalue weighted by atomic mass is 35.5. The molecule has 0 saturated carbocycles. The molecule has 1 aromatic heterocycles. The van der Waals surface area contributed by atoms with E-state index in [-0.39, 0.29) is 18.3 Å². The van der Waals surface area contributed by atoms with Gasteiger partial charge in [-0.3, -0.25) is 4.79 Å². The Morgan fingerprint density at radius 1 is 1.38 bits per heavy atom. The molecule has 6 heteroatoms. The fraction of sp³-hybridized carbons (Fsp3) is 0.467. The quantitative estimate of drug-likeness (QED) is 0.943. The lowest BCUT2D eigenvalue weighted by Gasteiger charge is -2.31. The maximum atomic E-state index is 11.8. The van der Waals surface area contributed by atoms with Crippen molar-refractivity contribution in [3.8, 4) is 0 Å². The molecule has 2 aromatic rings. The Morgan fingerprint density at radius 3 is 2.76 bits per heavy atom. The first-order chi connectivity index (χ1) is 9.78.